The van der Waals surface area contributed by atoms with Gasteiger partial charge in [-0.25, -0.2) is 0 Å². The zero-order valence-electron chi connectivity index (χ0n) is 19.6. The highest BCUT2D eigenvalue weighted by atomic mass is 32.3. The first-order valence-corrected chi connectivity index (χ1v) is 14.6. The summed E-state index contributed by atoms with van der Waals surface area (Å²) in [7, 11) is -2.44. The van der Waals surface area contributed by atoms with Gasteiger partial charge in [-0.2, -0.15) is 10.6 Å². The fraction of sp³-hybridized carbons (Fsp3) is 0.480. The van der Waals surface area contributed by atoms with Crippen molar-refractivity contribution >= 4 is 38.7 Å². The molecule has 3 aromatic rings. The topological polar surface area (TPSA) is 112 Å². The number of thiophene rings is 1. The Kier molecular flexibility index (Phi) is 6.52. The molecule has 2 fully saturated rings. The third-order valence-electron chi connectivity index (χ3n) is 6.97. The minimum atomic E-state index is -2.44. The van der Waals surface area contributed by atoms with E-state index in [-0.39, 0.29) is 18.1 Å². The lowest BCUT2D eigenvalue weighted by Gasteiger charge is -2.39. The molecule has 0 unspecified atom stereocenters. The van der Waals surface area contributed by atoms with Crippen LogP contribution in [0.1, 0.15) is 53.4 Å². The maximum Gasteiger partial charge on any atom is 0.250 e. The number of ether oxygens (including phenoxy) is 1. The number of benzene rings is 1. The Morgan fingerprint density at radius 3 is 2.56 bits per heavy atom. The molecular weight excluding hydrogens is 470 g/mol. The van der Waals surface area contributed by atoms with Gasteiger partial charge in [0, 0.05) is 47.6 Å². The van der Waals surface area contributed by atoms with Crippen molar-refractivity contribution in [1.29, 1.82) is 0 Å². The first kappa shape index (κ1) is 23.8. The van der Waals surface area contributed by atoms with Crippen molar-refractivity contribution in [1.82, 2.24) is 9.88 Å². The summed E-state index contributed by atoms with van der Waals surface area (Å²) in [5.74, 6) is 0.636. The Morgan fingerprint density at radius 2 is 1.88 bits per heavy atom. The lowest BCUT2D eigenvalue weighted by atomic mass is 9.91. The second-order valence-corrected chi connectivity index (χ2v) is 13.2. The first-order chi connectivity index (χ1) is 16.2. The van der Waals surface area contributed by atoms with E-state index < -0.39 is 16.5 Å². The van der Waals surface area contributed by atoms with Gasteiger partial charge in [0.1, 0.15) is 0 Å². The van der Waals surface area contributed by atoms with Crippen LogP contribution in [0.3, 0.4) is 0 Å². The Balaban J connectivity index is 1.45. The lowest BCUT2D eigenvalue weighted by molar-refractivity contribution is -0.0702. The summed E-state index contributed by atoms with van der Waals surface area (Å²) in [6.45, 7) is 6.97. The van der Waals surface area contributed by atoms with Crippen LogP contribution >= 0.6 is 21.9 Å². The van der Waals surface area contributed by atoms with E-state index in [4.69, 9.17) is 10.5 Å². The molecule has 7 nitrogen and oxygen atoms in total. The number of rotatable bonds is 5. The SMILES string of the molecule is C[C@@H]1CN(Cc2cc(-c3cc(C(N)=O)c4[nH]cc(C5CCS(O)(O)CC5)c4c3)cs2)C[C@H](C)O1. The van der Waals surface area contributed by atoms with Crippen molar-refractivity contribution in [2.45, 2.75) is 51.4 Å². The van der Waals surface area contributed by atoms with Gasteiger partial charge in [0.25, 0.3) is 5.91 Å². The van der Waals surface area contributed by atoms with Gasteiger partial charge in [-0.1, -0.05) is 0 Å². The minimum Gasteiger partial charge on any atom is -0.373 e. The zero-order chi connectivity index (χ0) is 24.0. The van der Waals surface area contributed by atoms with Crippen LogP contribution in [-0.2, 0) is 11.3 Å². The maximum absolute atomic E-state index is 12.3. The number of morpholine rings is 1. The number of aromatic nitrogens is 1. The molecule has 2 atom stereocenters. The molecule has 9 heteroatoms. The predicted molar refractivity (Wildman–Crippen MR) is 140 cm³/mol. The molecule has 0 aliphatic carbocycles. The molecule has 2 saturated heterocycles. The molecule has 184 valence electrons. The van der Waals surface area contributed by atoms with Crippen LogP contribution in [0.25, 0.3) is 22.0 Å². The first-order valence-electron chi connectivity index (χ1n) is 11.8. The van der Waals surface area contributed by atoms with Crippen LogP contribution in [0.2, 0.25) is 0 Å². The highest BCUT2D eigenvalue weighted by Gasteiger charge is 2.28. The van der Waals surface area contributed by atoms with E-state index in [2.05, 4.69) is 41.2 Å². The summed E-state index contributed by atoms with van der Waals surface area (Å²) < 4.78 is 25.9. The summed E-state index contributed by atoms with van der Waals surface area (Å²) in [5, 5.41) is 3.15. The number of amides is 1. The van der Waals surface area contributed by atoms with Crippen LogP contribution in [0, 0.1) is 0 Å². The van der Waals surface area contributed by atoms with E-state index in [1.807, 2.05) is 12.3 Å². The number of nitrogens with two attached hydrogens (primary N) is 1. The number of nitrogens with zero attached hydrogens (tertiary/aromatic N) is 1. The van der Waals surface area contributed by atoms with Gasteiger partial charge >= 0.3 is 0 Å². The molecule has 34 heavy (non-hydrogen) atoms. The normalized spacial score (nSPS) is 24.9. The smallest absolute Gasteiger partial charge is 0.250 e. The van der Waals surface area contributed by atoms with Crippen LogP contribution < -0.4 is 5.73 Å². The molecule has 2 aromatic heterocycles. The summed E-state index contributed by atoms with van der Waals surface area (Å²) in [5.41, 5.74) is 10.2. The number of hydrogen-bond acceptors (Lipinski definition) is 6. The van der Waals surface area contributed by atoms with E-state index in [1.165, 1.54) is 4.88 Å². The van der Waals surface area contributed by atoms with Gasteiger partial charge in [0.15, 0.2) is 0 Å². The minimum absolute atomic E-state index is 0.230. The second kappa shape index (κ2) is 9.29. The van der Waals surface area contributed by atoms with Crippen molar-refractivity contribution in [2.75, 3.05) is 24.6 Å². The number of aromatic amines is 1. The van der Waals surface area contributed by atoms with E-state index in [0.29, 0.717) is 17.1 Å². The molecule has 4 heterocycles. The molecule has 1 amide bonds. The molecule has 0 radical (unpaired) electrons. The van der Waals surface area contributed by atoms with Crippen molar-refractivity contribution in [3.8, 4) is 11.1 Å². The zero-order valence-corrected chi connectivity index (χ0v) is 21.3. The van der Waals surface area contributed by atoms with Gasteiger partial charge < -0.3 is 15.5 Å². The Hall–Kier alpha value is -1.88. The quantitative estimate of drug-likeness (QED) is 0.381. The van der Waals surface area contributed by atoms with E-state index in [1.54, 1.807) is 11.3 Å². The molecule has 5 rings (SSSR count). The molecule has 5 N–H and O–H groups in total. The number of fused-ring (bicyclic) bond motifs is 1. The molecule has 0 saturated carbocycles. The maximum atomic E-state index is 12.3. The fourth-order valence-corrected chi connectivity index (χ4v) is 7.88. The molecule has 2 aliphatic rings. The number of carbonyl (C=O) groups excluding carboxylic acids is 1. The standard InChI is InChI=1S/C25H33N3O4S2/c1-15-11-28(12-16(2)32-15)13-20-7-19(14-33-20)18-8-21-23(17-3-5-34(30,31)6-4-17)10-27-24(21)22(9-18)25(26)29/h7-10,14-17,27,30-31H,3-6,11-13H2,1-2H3,(H2,26,29)/t15-,16+. The van der Waals surface area contributed by atoms with Gasteiger partial charge in [-0.3, -0.25) is 18.8 Å². The van der Waals surface area contributed by atoms with Gasteiger partial charge in [-0.05, 0) is 72.9 Å². The van der Waals surface area contributed by atoms with Gasteiger partial charge in [-0.15, -0.1) is 11.3 Å². The lowest BCUT2D eigenvalue weighted by Crippen LogP contribution is -2.44. The predicted octanol–water partition coefficient (Wildman–Crippen LogP) is 5.23. The van der Waals surface area contributed by atoms with Crippen molar-refractivity contribution in [3.05, 3.63) is 45.8 Å². The monoisotopic (exact) mass is 503 g/mol. The molecule has 2 aliphatic heterocycles. The summed E-state index contributed by atoms with van der Waals surface area (Å²) in [6, 6.07) is 6.24. The molecule has 0 spiro atoms. The van der Waals surface area contributed by atoms with Crippen LogP contribution in [0.5, 0.6) is 0 Å². The second-order valence-electron chi connectivity index (χ2n) is 9.79. The van der Waals surface area contributed by atoms with Crippen LogP contribution in [0.15, 0.2) is 29.8 Å². The number of nitrogens with one attached hydrogen (secondary N) is 1. The average Bonchev–Trinajstić information content (AvgIpc) is 3.39. The summed E-state index contributed by atoms with van der Waals surface area (Å²) in [6.07, 6.45) is 3.88. The van der Waals surface area contributed by atoms with Gasteiger partial charge in [0.05, 0.1) is 23.3 Å². The van der Waals surface area contributed by atoms with Crippen molar-refractivity contribution in [3.63, 3.8) is 0 Å². The Bertz CT molecular complexity index is 1180. The molecule has 1 aromatic carbocycles. The van der Waals surface area contributed by atoms with Crippen LogP contribution in [-0.4, -0.2) is 61.7 Å². The number of hydrogen-bond donors (Lipinski definition) is 4. The van der Waals surface area contributed by atoms with Crippen molar-refractivity contribution < 1.29 is 18.6 Å². The highest BCUT2D eigenvalue weighted by molar-refractivity contribution is 8.24. The number of H-pyrrole nitrogens is 1. The average molecular weight is 504 g/mol. The molecule has 0 bridgehead atoms. The highest BCUT2D eigenvalue weighted by Crippen LogP contribution is 2.49. The summed E-state index contributed by atoms with van der Waals surface area (Å²) in [4.78, 5) is 19.3. The number of carbonyl (C=O) groups is 1. The third-order valence-corrected chi connectivity index (χ3v) is 9.68. The fourth-order valence-electron chi connectivity index (χ4n) is 5.42. The van der Waals surface area contributed by atoms with E-state index in [9.17, 15) is 13.9 Å². The van der Waals surface area contributed by atoms with Gasteiger partial charge in [0.2, 0.25) is 0 Å². The Morgan fingerprint density at radius 1 is 1.18 bits per heavy atom. The van der Waals surface area contributed by atoms with Crippen molar-refractivity contribution in [2.24, 2.45) is 5.73 Å². The largest absolute Gasteiger partial charge is 0.373 e. The Labute approximate surface area is 205 Å². The summed E-state index contributed by atoms with van der Waals surface area (Å²) >= 11 is 1.73. The van der Waals surface area contributed by atoms with E-state index in [0.717, 1.165) is 60.1 Å². The van der Waals surface area contributed by atoms with E-state index >= 15 is 0 Å². The number of primary amides is 1. The molecular formula is C25H33N3O4S2. The third kappa shape index (κ3) is 4.91. The van der Waals surface area contributed by atoms with Crippen LogP contribution in [0.4, 0.5) is 0 Å².